The third kappa shape index (κ3) is 4.51. The SMILES string of the molecule is CC1(C)NC(=O)N(CCCN2CCCCC2CN2CCOCC2)C1=O. The molecular formula is C18H32N4O3. The van der Waals surface area contributed by atoms with Crippen molar-refractivity contribution in [2.75, 3.05) is 52.5 Å². The smallest absolute Gasteiger partial charge is 0.325 e. The molecule has 3 aliphatic heterocycles. The molecule has 0 saturated carbocycles. The van der Waals surface area contributed by atoms with Gasteiger partial charge in [0.2, 0.25) is 0 Å². The van der Waals surface area contributed by atoms with Crippen LogP contribution in [0.1, 0.15) is 39.5 Å². The van der Waals surface area contributed by atoms with Crippen molar-refractivity contribution in [3.63, 3.8) is 0 Å². The van der Waals surface area contributed by atoms with E-state index in [4.69, 9.17) is 4.74 Å². The number of piperidine rings is 1. The lowest BCUT2D eigenvalue weighted by Gasteiger charge is -2.39. The van der Waals surface area contributed by atoms with Gasteiger partial charge in [0.15, 0.2) is 0 Å². The van der Waals surface area contributed by atoms with Gasteiger partial charge in [-0.15, -0.1) is 0 Å². The second-order valence-electron chi connectivity index (χ2n) is 7.96. The summed E-state index contributed by atoms with van der Waals surface area (Å²) in [4.78, 5) is 30.7. The quantitative estimate of drug-likeness (QED) is 0.720. The largest absolute Gasteiger partial charge is 0.379 e. The predicted octanol–water partition coefficient (Wildman–Crippen LogP) is 0.894. The van der Waals surface area contributed by atoms with Gasteiger partial charge in [0.25, 0.3) is 5.91 Å². The van der Waals surface area contributed by atoms with Crippen molar-refractivity contribution in [3.05, 3.63) is 0 Å². The number of nitrogens with zero attached hydrogens (tertiary/aromatic N) is 3. The molecule has 3 saturated heterocycles. The Morgan fingerprint density at radius 3 is 2.56 bits per heavy atom. The second-order valence-corrected chi connectivity index (χ2v) is 7.96. The Kier molecular flexibility index (Phi) is 5.96. The lowest BCUT2D eigenvalue weighted by Crippen LogP contribution is -2.50. The molecule has 1 unspecified atom stereocenters. The van der Waals surface area contributed by atoms with E-state index in [2.05, 4.69) is 15.1 Å². The Labute approximate surface area is 150 Å². The maximum Gasteiger partial charge on any atom is 0.325 e. The number of nitrogens with one attached hydrogen (secondary N) is 1. The lowest BCUT2D eigenvalue weighted by atomic mass is 10.0. The van der Waals surface area contributed by atoms with Crippen LogP contribution in [0.2, 0.25) is 0 Å². The molecular weight excluding hydrogens is 320 g/mol. The Balaban J connectivity index is 1.47. The average Bonchev–Trinajstić information content (AvgIpc) is 2.79. The van der Waals surface area contributed by atoms with Gasteiger partial charge >= 0.3 is 6.03 Å². The minimum absolute atomic E-state index is 0.110. The Morgan fingerprint density at radius 1 is 1.12 bits per heavy atom. The number of ether oxygens (including phenoxy) is 1. The van der Waals surface area contributed by atoms with Gasteiger partial charge in [-0.05, 0) is 39.7 Å². The zero-order valence-corrected chi connectivity index (χ0v) is 15.6. The molecule has 142 valence electrons. The molecule has 7 heteroatoms. The first-order valence-electron chi connectivity index (χ1n) is 9.65. The summed E-state index contributed by atoms with van der Waals surface area (Å²) in [5.74, 6) is -0.110. The molecule has 3 aliphatic rings. The molecule has 1 N–H and O–H groups in total. The molecule has 0 aromatic heterocycles. The van der Waals surface area contributed by atoms with Gasteiger partial charge < -0.3 is 10.1 Å². The molecule has 0 aromatic carbocycles. The summed E-state index contributed by atoms with van der Waals surface area (Å²) in [6.07, 6.45) is 4.63. The van der Waals surface area contributed by atoms with Crippen LogP contribution in [0.5, 0.6) is 0 Å². The van der Waals surface area contributed by atoms with Crippen molar-refractivity contribution >= 4 is 11.9 Å². The van der Waals surface area contributed by atoms with Crippen molar-refractivity contribution in [1.82, 2.24) is 20.0 Å². The number of amides is 3. The highest BCUT2D eigenvalue weighted by Crippen LogP contribution is 2.20. The van der Waals surface area contributed by atoms with E-state index in [1.54, 1.807) is 13.8 Å². The van der Waals surface area contributed by atoms with E-state index >= 15 is 0 Å². The number of rotatable bonds is 6. The standard InChI is InChI=1S/C18H32N4O3/c1-18(2)16(23)22(17(24)19-18)9-5-8-21-7-4-3-6-15(21)14-20-10-12-25-13-11-20/h15H,3-14H2,1-2H3,(H,19,24). The summed E-state index contributed by atoms with van der Waals surface area (Å²) in [5.41, 5.74) is -0.763. The van der Waals surface area contributed by atoms with Gasteiger partial charge in [-0.25, -0.2) is 4.79 Å². The minimum atomic E-state index is -0.763. The first kappa shape index (κ1) is 18.6. The Hall–Kier alpha value is -1.18. The average molecular weight is 352 g/mol. The Bertz CT molecular complexity index is 491. The normalized spacial score (nSPS) is 28.4. The molecule has 25 heavy (non-hydrogen) atoms. The van der Waals surface area contributed by atoms with Gasteiger partial charge in [0.1, 0.15) is 5.54 Å². The van der Waals surface area contributed by atoms with E-state index in [-0.39, 0.29) is 11.9 Å². The van der Waals surface area contributed by atoms with Gasteiger partial charge in [-0.2, -0.15) is 0 Å². The summed E-state index contributed by atoms with van der Waals surface area (Å²) < 4.78 is 5.44. The summed E-state index contributed by atoms with van der Waals surface area (Å²) >= 11 is 0. The summed E-state index contributed by atoms with van der Waals surface area (Å²) in [5, 5.41) is 2.75. The van der Waals surface area contributed by atoms with Crippen molar-refractivity contribution < 1.29 is 14.3 Å². The monoisotopic (exact) mass is 352 g/mol. The van der Waals surface area contributed by atoms with Crippen LogP contribution in [0, 0.1) is 0 Å². The molecule has 3 heterocycles. The van der Waals surface area contributed by atoms with Crippen molar-refractivity contribution in [2.45, 2.75) is 51.1 Å². The van der Waals surface area contributed by atoms with E-state index in [1.807, 2.05) is 0 Å². The zero-order valence-electron chi connectivity index (χ0n) is 15.6. The summed E-state index contributed by atoms with van der Waals surface area (Å²) in [6, 6.07) is 0.338. The van der Waals surface area contributed by atoms with Crippen LogP contribution in [0.15, 0.2) is 0 Å². The molecule has 1 atom stereocenters. The predicted molar refractivity (Wildman–Crippen MR) is 95.4 cm³/mol. The van der Waals surface area contributed by atoms with Gasteiger partial charge in [-0.3, -0.25) is 19.5 Å². The summed E-state index contributed by atoms with van der Waals surface area (Å²) in [7, 11) is 0. The van der Waals surface area contributed by atoms with Crippen LogP contribution in [-0.4, -0.2) is 90.7 Å². The number of imide groups is 1. The maximum absolute atomic E-state index is 12.3. The number of urea groups is 1. The highest BCUT2D eigenvalue weighted by molar-refractivity contribution is 6.06. The van der Waals surface area contributed by atoms with E-state index in [0.29, 0.717) is 12.6 Å². The number of morpholine rings is 1. The molecule has 0 bridgehead atoms. The fourth-order valence-corrected chi connectivity index (χ4v) is 4.10. The highest BCUT2D eigenvalue weighted by atomic mass is 16.5. The topological polar surface area (TPSA) is 65.1 Å². The lowest BCUT2D eigenvalue weighted by molar-refractivity contribution is -0.130. The first-order chi connectivity index (χ1) is 12.0. The molecule has 0 spiro atoms. The number of hydrogen-bond acceptors (Lipinski definition) is 5. The number of carbonyl (C=O) groups excluding carboxylic acids is 2. The van der Waals surface area contributed by atoms with Gasteiger partial charge in [0.05, 0.1) is 13.2 Å². The third-order valence-corrected chi connectivity index (χ3v) is 5.59. The molecule has 3 fully saturated rings. The van der Waals surface area contributed by atoms with Crippen molar-refractivity contribution in [2.24, 2.45) is 0 Å². The number of likely N-dealkylation sites (tertiary alicyclic amines) is 1. The van der Waals surface area contributed by atoms with E-state index in [1.165, 1.54) is 24.2 Å². The highest BCUT2D eigenvalue weighted by Gasteiger charge is 2.43. The number of carbonyl (C=O) groups is 2. The van der Waals surface area contributed by atoms with Crippen molar-refractivity contribution in [3.8, 4) is 0 Å². The zero-order chi connectivity index (χ0) is 17.9. The van der Waals surface area contributed by atoms with E-state index in [9.17, 15) is 9.59 Å². The second kappa shape index (κ2) is 8.01. The first-order valence-corrected chi connectivity index (χ1v) is 9.65. The molecule has 0 aromatic rings. The number of hydrogen-bond donors (Lipinski definition) is 1. The van der Waals surface area contributed by atoms with Crippen molar-refractivity contribution in [1.29, 1.82) is 0 Å². The van der Waals surface area contributed by atoms with Gasteiger partial charge in [0, 0.05) is 38.8 Å². The molecule has 0 radical (unpaired) electrons. The van der Waals surface area contributed by atoms with Crippen LogP contribution in [-0.2, 0) is 9.53 Å². The van der Waals surface area contributed by atoms with Crippen LogP contribution in [0.3, 0.4) is 0 Å². The molecule has 0 aliphatic carbocycles. The third-order valence-electron chi connectivity index (χ3n) is 5.59. The fraction of sp³-hybridized carbons (Fsp3) is 0.889. The molecule has 3 amide bonds. The van der Waals surface area contributed by atoms with Crippen LogP contribution < -0.4 is 5.32 Å². The van der Waals surface area contributed by atoms with Crippen LogP contribution in [0.4, 0.5) is 4.79 Å². The van der Waals surface area contributed by atoms with Crippen LogP contribution in [0.25, 0.3) is 0 Å². The summed E-state index contributed by atoms with van der Waals surface area (Å²) in [6.45, 7) is 11.0. The molecule has 7 nitrogen and oxygen atoms in total. The van der Waals surface area contributed by atoms with E-state index < -0.39 is 5.54 Å². The Morgan fingerprint density at radius 2 is 1.88 bits per heavy atom. The van der Waals surface area contributed by atoms with Crippen LogP contribution >= 0.6 is 0 Å². The minimum Gasteiger partial charge on any atom is -0.379 e. The maximum atomic E-state index is 12.3. The van der Waals surface area contributed by atoms with Gasteiger partial charge in [-0.1, -0.05) is 6.42 Å². The van der Waals surface area contributed by atoms with E-state index in [0.717, 1.165) is 52.4 Å². The fourth-order valence-electron chi connectivity index (χ4n) is 4.10. The molecule has 3 rings (SSSR count).